The summed E-state index contributed by atoms with van der Waals surface area (Å²) in [5.74, 6) is 0.0570. The first kappa shape index (κ1) is 15.3. The number of carbonyl (C=O) groups is 1. The van der Waals surface area contributed by atoms with Gasteiger partial charge in [-0.15, -0.1) is 10.2 Å². The molecule has 0 unspecified atom stereocenters. The van der Waals surface area contributed by atoms with E-state index in [0.29, 0.717) is 10.9 Å². The van der Waals surface area contributed by atoms with E-state index in [1.807, 2.05) is 65.2 Å². The molecule has 0 aliphatic rings. The second-order valence-corrected chi connectivity index (χ2v) is 5.88. The fourth-order valence-corrected chi connectivity index (χ4v) is 3.04. The third-order valence-electron chi connectivity index (χ3n) is 3.22. The van der Waals surface area contributed by atoms with Crippen LogP contribution in [-0.2, 0) is 4.79 Å². The van der Waals surface area contributed by atoms with E-state index in [1.54, 1.807) is 0 Å². The first-order valence-corrected chi connectivity index (χ1v) is 8.13. The van der Waals surface area contributed by atoms with Crippen LogP contribution in [0.4, 0.5) is 0 Å². The van der Waals surface area contributed by atoms with Crippen molar-refractivity contribution in [3.8, 4) is 17.1 Å². The summed E-state index contributed by atoms with van der Waals surface area (Å²) >= 11 is 1.35. The van der Waals surface area contributed by atoms with Crippen LogP contribution >= 0.6 is 11.8 Å². The fraction of sp³-hybridized carbons (Fsp3) is 0.118. The maximum Gasteiger partial charge on any atom is 0.196 e. The smallest absolute Gasteiger partial charge is 0.196 e. The topological polar surface area (TPSA) is 70.8 Å². The maximum absolute atomic E-state index is 10.6. The van der Waals surface area contributed by atoms with Crippen molar-refractivity contribution in [2.45, 2.75) is 11.6 Å². The normalized spacial score (nSPS) is 10.6. The quantitative estimate of drug-likeness (QED) is 0.650. The van der Waals surface area contributed by atoms with E-state index in [-0.39, 0.29) is 6.42 Å². The Morgan fingerprint density at radius 3 is 2.30 bits per heavy atom. The number of aromatic nitrogens is 3. The van der Waals surface area contributed by atoms with Gasteiger partial charge < -0.3 is 9.90 Å². The van der Waals surface area contributed by atoms with E-state index in [9.17, 15) is 9.90 Å². The van der Waals surface area contributed by atoms with Crippen molar-refractivity contribution >= 4 is 17.7 Å². The lowest BCUT2D eigenvalue weighted by atomic mass is 10.2. The van der Waals surface area contributed by atoms with Crippen molar-refractivity contribution in [3.63, 3.8) is 0 Å². The highest BCUT2D eigenvalue weighted by atomic mass is 32.2. The van der Waals surface area contributed by atoms with Gasteiger partial charge in [-0.25, -0.2) is 0 Å². The first-order valence-electron chi connectivity index (χ1n) is 7.14. The number of hydrogen-bond donors (Lipinski definition) is 0. The molecule has 0 spiro atoms. The zero-order valence-electron chi connectivity index (χ0n) is 12.3. The van der Waals surface area contributed by atoms with Crippen molar-refractivity contribution in [2.24, 2.45) is 0 Å². The van der Waals surface area contributed by atoms with Gasteiger partial charge in [0.2, 0.25) is 0 Å². The lowest BCUT2D eigenvalue weighted by molar-refractivity contribution is -0.305. The molecule has 2 aromatic carbocycles. The van der Waals surface area contributed by atoms with E-state index in [4.69, 9.17) is 0 Å². The Labute approximate surface area is 138 Å². The molecular weight excluding hydrogens is 310 g/mol. The minimum Gasteiger partial charge on any atom is -0.550 e. The molecule has 23 heavy (non-hydrogen) atoms. The first-order chi connectivity index (χ1) is 11.3. The zero-order chi connectivity index (χ0) is 16.1. The number of nitrogens with zero attached hydrogens (tertiary/aromatic N) is 3. The number of hydrogen-bond acceptors (Lipinski definition) is 5. The highest BCUT2D eigenvalue weighted by Crippen LogP contribution is 2.27. The Hall–Kier alpha value is -2.60. The van der Waals surface area contributed by atoms with Gasteiger partial charge >= 0.3 is 0 Å². The highest BCUT2D eigenvalue weighted by molar-refractivity contribution is 7.99. The molecule has 116 valence electrons. The standard InChI is InChI=1S/C17H15N3O2S/c21-15(22)11-12-23-17-19-18-16(13-7-3-1-4-8-13)20(17)14-9-5-2-6-10-14/h1-10H,11-12H2,(H,21,22)/p-1. The summed E-state index contributed by atoms with van der Waals surface area (Å²) < 4.78 is 1.94. The fourth-order valence-electron chi connectivity index (χ4n) is 2.17. The Morgan fingerprint density at radius 2 is 1.65 bits per heavy atom. The third-order valence-corrected chi connectivity index (χ3v) is 4.15. The Balaban J connectivity index is 2.00. The predicted molar refractivity (Wildman–Crippen MR) is 87.1 cm³/mol. The average Bonchev–Trinajstić information content (AvgIpc) is 3.00. The summed E-state index contributed by atoms with van der Waals surface area (Å²) in [5.41, 5.74) is 1.89. The number of carboxylic acids is 1. The number of benzene rings is 2. The van der Waals surface area contributed by atoms with Gasteiger partial charge in [-0.3, -0.25) is 4.57 Å². The highest BCUT2D eigenvalue weighted by Gasteiger charge is 2.15. The van der Waals surface area contributed by atoms with Crippen molar-refractivity contribution in [1.29, 1.82) is 0 Å². The van der Waals surface area contributed by atoms with Crippen molar-refractivity contribution < 1.29 is 9.90 Å². The summed E-state index contributed by atoms with van der Waals surface area (Å²) in [6, 6.07) is 19.6. The minimum absolute atomic E-state index is 0.0208. The number of aliphatic carboxylic acids is 1. The van der Waals surface area contributed by atoms with Gasteiger partial charge in [0, 0.05) is 23.0 Å². The predicted octanol–water partition coefficient (Wildman–Crippen LogP) is 2.17. The van der Waals surface area contributed by atoms with Gasteiger partial charge in [-0.05, 0) is 18.6 Å². The molecule has 0 saturated heterocycles. The second-order valence-electron chi connectivity index (χ2n) is 4.81. The molecule has 0 fully saturated rings. The molecule has 3 aromatic rings. The summed E-state index contributed by atoms with van der Waals surface area (Å²) in [7, 11) is 0. The van der Waals surface area contributed by atoms with Crippen LogP contribution in [0.5, 0.6) is 0 Å². The van der Waals surface area contributed by atoms with Crippen LogP contribution in [0.25, 0.3) is 17.1 Å². The molecule has 0 aliphatic carbocycles. The van der Waals surface area contributed by atoms with E-state index in [1.165, 1.54) is 11.8 Å². The van der Waals surface area contributed by atoms with Crippen LogP contribution < -0.4 is 5.11 Å². The molecule has 0 atom stereocenters. The van der Waals surface area contributed by atoms with Crippen LogP contribution in [-0.4, -0.2) is 26.5 Å². The van der Waals surface area contributed by atoms with Gasteiger partial charge in [0.25, 0.3) is 0 Å². The van der Waals surface area contributed by atoms with Crippen LogP contribution in [0.3, 0.4) is 0 Å². The molecule has 5 nitrogen and oxygen atoms in total. The van der Waals surface area contributed by atoms with E-state index < -0.39 is 5.97 Å². The maximum atomic E-state index is 10.6. The summed E-state index contributed by atoms with van der Waals surface area (Å²) in [4.78, 5) is 10.6. The molecule has 0 N–H and O–H groups in total. The molecule has 0 aliphatic heterocycles. The number of carboxylic acid groups (broad SMARTS) is 1. The van der Waals surface area contributed by atoms with Crippen LogP contribution in [0.1, 0.15) is 6.42 Å². The second kappa shape index (κ2) is 7.11. The van der Waals surface area contributed by atoms with Gasteiger partial charge in [0.1, 0.15) is 0 Å². The molecule has 3 rings (SSSR count). The van der Waals surface area contributed by atoms with E-state index in [2.05, 4.69) is 10.2 Å². The largest absolute Gasteiger partial charge is 0.550 e. The Morgan fingerprint density at radius 1 is 1.00 bits per heavy atom. The van der Waals surface area contributed by atoms with Crippen molar-refractivity contribution in [3.05, 3.63) is 60.7 Å². The van der Waals surface area contributed by atoms with Gasteiger partial charge in [0.05, 0.1) is 0 Å². The molecule has 0 amide bonds. The van der Waals surface area contributed by atoms with Crippen molar-refractivity contribution in [1.82, 2.24) is 14.8 Å². The average molecular weight is 324 g/mol. The molecule has 0 radical (unpaired) electrons. The molecule has 0 saturated carbocycles. The van der Waals surface area contributed by atoms with Crippen LogP contribution in [0.2, 0.25) is 0 Å². The van der Waals surface area contributed by atoms with Crippen molar-refractivity contribution in [2.75, 3.05) is 5.75 Å². The number of carbonyl (C=O) groups excluding carboxylic acids is 1. The van der Waals surface area contributed by atoms with Gasteiger partial charge in [-0.1, -0.05) is 60.3 Å². The minimum atomic E-state index is -1.06. The van der Waals surface area contributed by atoms with E-state index >= 15 is 0 Å². The van der Waals surface area contributed by atoms with Crippen LogP contribution in [0.15, 0.2) is 65.8 Å². The molecule has 1 aromatic heterocycles. The van der Waals surface area contributed by atoms with E-state index in [0.717, 1.165) is 17.1 Å². The summed E-state index contributed by atoms with van der Waals surface area (Å²) in [6.07, 6.45) is -0.0208. The zero-order valence-corrected chi connectivity index (χ0v) is 13.1. The Kier molecular flexibility index (Phi) is 4.73. The molecule has 1 heterocycles. The SMILES string of the molecule is O=C([O-])CCSc1nnc(-c2ccccc2)n1-c1ccccc1. The monoisotopic (exact) mass is 324 g/mol. The number of rotatable bonds is 6. The molecule has 6 heteroatoms. The number of para-hydroxylation sites is 1. The van der Waals surface area contributed by atoms with Gasteiger partial charge in [-0.2, -0.15) is 0 Å². The van der Waals surface area contributed by atoms with Gasteiger partial charge in [0.15, 0.2) is 11.0 Å². The third kappa shape index (κ3) is 3.60. The number of thioether (sulfide) groups is 1. The molecule has 0 bridgehead atoms. The lowest BCUT2D eigenvalue weighted by Crippen LogP contribution is -2.22. The summed E-state index contributed by atoms with van der Waals surface area (Å²) in [5, 5.41) is 19.8. The van der Waals surface area contributed by atoms with Crippen LogP contribution in [0, 0.1) is 0 Å². The summed E-state index contributed by atoms with van der Waals surface area (Å²) in [6.45, 7) is 0. The molecular formula is C17H14N3O2S-. The lowest BCUT2D eigenvalue weighted by Gasteiger charge is -2.10. The Bertz CT molecular complexity index is 788.